The molecular weight excluding hydrogens is 224 g/mol. The summed E-state index contributed by atoms with van der Waals surface area (Å²) in [6, 6.07) is 6.55. The van der Waals surface area contributed by atoms with Gasteiger partial charge in [0, 0.05) is 6.42 Å². The molecule has 0 spiro atoms. The van der Waals surface area contributed by atoms with Crippen LogP contribution in [0.4, 0.5) is 0 Å². The van der Waals surface area contributed by atoms with E-state index < -0.39 is 5.97 Å². The van der Waals surface area contributed by atoms with Crippen molar-refractivity contribution in [3.8, 4) is 0 Å². The van der Waals surface area contributed by atoms with Crippen LogP contribution < -0.4 is 0 Å². The molecule has 18 heavy (non-hydrogen) atoms. The van der Waals surface area contributed by atoms with E-state index in [0.29, 0.717) is 11.8 Å². The van der Waals surface area contributed by atoms with Gasteiger partial charge in [-0.3, -0.25) is 4.79 Å². The largest absolute Gasteiger partial charge is 0.481 e. The van der Waals surface area contributed by atoms with Crippen LogP contribution in [0.2, 0.25) is 0 Å². The highest BCUT2D eigenvalue weighted by molar-refractivity contribution is 5.66. The van der Waals surface area contributed by atoms with E-state index >= 15 is 0 Å². The van der Waals surface area contributed by atoms with Crippen molar-refractivity contribution in [2.24, 2.45) is 5.92 Å². The summed E-state index contributed by atoms with van der Waals surface area (Å²) in [6.07, 6.45) is 1.98. The van der Waals surface area contributed by atoms with Crippen LogP contribution in [0.15, 0.2) is 18.2 Å². The van der Waals surface area contributed by atoms with E-state index in [1.54, 1.807) is 0 Å². The predicted octanol–water partition coefficient (Wildman–Crippen LogP) is 4.30. The van der Waals surface area contributed by atoms with E-state index in [0.717, 1.165) is 12.8 Å². The molecule has 2 heteroatoms. The van der Waals surface area contributed by atoms with Gasteiger partial charge in [0.1, 0.15) is 0 Å². The van der Waals surface area contributed by atoms with Gasteiger partial charge in [-0.2, -0.15) is 0 Å². The van der Waals surface area contributed by atoms with Crippen LogP contribution in [-0.4, -0.2) is 11.1 Å². The number of carboxylic acid groups (broad SMARTS) is 1. The fourth-order valence-electron chi connectivity index (χ4n) is 2.48. The fourth-order valence-corrected chi connectivity index (χ4v) is 2.48. The molecule has 0 amide bonds. The Morgan fingerprint density at radius 1 is 1.28 bits per heavy atom. The van der Waals surface area contributed by atoms with E-state index in [9.17, 15) is 4.79 Å². The van der Waals surface area contributed by atoms with Crippen molar-refractivity contribution in [1.29, 1.82) is 0 Å². The lowest BCUT2D eigenvalue weighted by molar-refractivity contribution is -0.137. The second kappa shape index (κ2) is 6.58. The zero-order valence-corrected chi connectivity index (χ0v) is 11.9. The minimum atomic E-state index is -0.696. The Bertz CT molecular complexity index is 408. The summed E-state index contributed by atoms with van der Waals surface area (Å²) in [5.41, 5.74) is 3.98. The van der Waals surface area contributed by atoms with E-state index in [-0.39, 0.29) is 6.42 Å². The molecule has 0 aromatic heterocycles. The SMILES string of the molecule is Cc1ccc(C)c(C(CCCC(=O)O)C(C)C)c1. The molecule has 0 radical (unpaired) electrons. The summed E-state index contributed by atoms with van der Waals surface area (Å²) < 4.78 is 0. The summed E-state index contributed by atoms with van der Waals surface area (Å²) in [4.78, 5) is 10.6. The number of hydrogen-bond acceptors (Lipinski definition) is 1. The molecule has 1 N–H and O–H groups in total. The number of aliphatic carboxylic acids is 1. The Labute approximate surface area is 110 Å². The molecule has 0 heterocycles. The molecule has 0 saturated heterocycles. The predicted molar refractivity (Wildman–Crippen MR) is 75.0 cm³/mol. The van der Waals surface area contributed by atoms with Crippen LogP contribution in [0.1, 0.15) is 55.7 Å². The molecule has 1 atom stereocenters. The number of carboxylic acids is 1. The van der Waals surface area contributed by atoms with Crippen molar-refractivity contribution in [2.75, 3.05) is 0 Å². The Balaban J connectivity index is 2.83. The van der Waals surface area contributed by atoms with Crippen LogP contribution in [0.3, 0.4) is 0 Å². The smallest absolute Gasteiger partial charge is 0.303 e. The van der Waals surface area contributed by atoms with Crippen LogP contribution in [0.5, 0.6) is 0 Å². The summed E-state index contributed by atoms with van der Waals surface area (Å²) in [5.74, 6) is 0.307. The average molecular weight is 248 g/mol. The van der Waals surface area contributed by atoms with Gasteiger partial charge < -0.3 is 5.11 Å². The molecule has 0 aliphatic heterocycles. The lowest BCUT2D eigenvalue weighted by Gasteiger charge is -2.23. The highest BCUT2D eigenvalue weighted by Gasteiger charge is 2.18. The molecule has 1 aromatic carbocycles. The van der Waals surface area contributed by atoms with Crippen molar-refractivity contribution in [3.63, 3.8) is 0 Å². The van der Waals surface area contributed by atoms with E-state index in [2.05, 4.69) is 45.9 Å². The van der Waals surface area contributed by atoms with Gasteiger partial charge in [0.2, 0.25) is 0 Å². The molecule has 0 fully saturated rings. The molecule has 0 aliphatic rings. The third-order valence-electron chi connectivity index (χ3n) is 3.54. The fraction of sp³-hybridized carbons (Fsp3) is 0.562. The van der Waals surface area contributed by atoms with Crippen molar-refractivity contribution in [3.05, 3.63) is 34.9 Å². The molecule has 1 aromatic rings. The van der Waals surface area contributed by atoms with Crippen LogP contribution in [0, 0.1) is 19.8 Å². The number of aryl methyl sites for hydroxylation is 2. The lowest BCUT2D eigenvalue weighted by atomic mass is 9.82. The second-order valence-corrected chi connectivity index (χ2v) is 5.50. The van der Waals surface area contributed by atoms with Crippen molar-refractivity contribution >= 4 is 5.97 Å². The first-order chi connectivity index (χ1) is 8.41. The molecule has 1 unspecified atom stereocenters. The van der Waals surface area contributed by atoms with Crippen LogP contribution in [-0.2, 0) is 4.79 Å². The second-order valence-electron chi connectivity index (χ2n) is 5.50. The first-order valence-electron chi connectivity index (χ1n) is 6.70. The Morgan fingerprint density at radius 2 is 1.94 bits per heavy atom. The average Bonchev–Trinajstić information content (AvgIpc) is 2.27. The van der Waals surface area contributed by atoms with Gasteiger partial charge in [-0.05, 0) is 49.7 Å². The molecule has 0 saturated carbocycles. The summed E-state index contributed by atoms with van der Waals surface area (Å²) in [5, 5.41) is 8.73. The van der Waals surface area contributed by atoms with Crippen LogP contribution in [0.25, 0.3) is 0 Å². The molecular formula is C16H24O2. The van der Waals surface area contributed by atoms with Gasteiger partial charge in [0.05, 0.1) is 0 Å². The van der Waals surface area contributed by atoms with Gasteiger partial charge in [0.25, 0.3) is 0 Å². The normalized spacial score (nSPS) is 12.7. The number of benzene rings is 1. The zero-order chi connectivity index (χ0) is 13.7. The quantitative estimate of drug-likeness (QED) is 0.815. The topological polar surface area (TPSA) is 37.3 Å². The van der Waals surface area contributed by atoms with Gasteiger partial charge in [-0.1, -0.05) is 37.6 Å². The maximum atomic E-state index is 10.6. The molecule has 100 valence electrons. The third kappa shape index (κ3) is 4.17. The van der Waals surface area contributed by atoms with Gasteiger partial charge >= 0.3 is 5.97 Å². The number of carbonyl (C=O) groups is 1. The third-order valence-corrected chi connectivity index (χ3v) is 3.54. The summed E-state index contributed by atoms with van der Waals surface area (Å²) in [7, 11) is 0. The molecule has 2 nitrogen and oxygen atoms in total. The van der Waals surface area contributed by atoms with E-state index in [1.165, 1.54) is 16.7 Å². The Kier molecular flexibility index (Phi) is 5.39. The molecule has 0 bridgehead atoms. The van der Waals surface area contributed by atoms with Crippen LogP contribution >= 0.6 is 0 Å². The highest BCUT2D eigenvalue weighted by Crippen LogP contribution is 2.32. The number of rotatable bonds is 6. The standard InChI is InChI=1S/C16H24O2/c1-11(2)14(6-5-7-16(17)18)15-10-12(3)8-9-13(15)4/h8-11,14H,5-7H2,1-4H3,(H,17,18). The minimum Gasteiger partial charge on any atom is -0.481 e. The van der Waals surface area contributed by atoms with Gasteiger partial charge in [0.15, 0.2) is 0 Å². The minimum absolute atomic E-state index is 0.272. The van der Waals surface area contributed by atoms with E-state index in [4.69, 9.17) is 5.11 Å². The highest BCUT2D eigenvalue weighted by atomic mass is 16.4. The Morgan fingerprint density at radius 3 is 2.50 bits per heavy atom. The first-order valence-corrected chi connectivity index (χ1v) is 6.70. The maximum absolute atomic E-state index is 10.6. The molecule has 0 aliphatic carbocycles. The van der Waals surface area contributed by atoms with E-state index in [1.807, 2.05) is 0 Å². The van der Waals surface area contributed by atoms with Crippen molar-refractivity contribution in [1.82, 2.24) is 0 Å². The van der Waals surface area contributed by atoms with Crippen molar-refractivity contribution < 1.29 is 9.90 Å². The monoisotopic (exact) mass is 248 g/mol. The zero-order valence-electron chi connectivity index (χ0n) is 11.9. The molecule has 1 rings (SSSR count). The number of hydrogen-bond donors (Lipinski definition) is 1. The summed E-state index contributed by atoms with van der Waals surface area (Å²) in [6.45, 7) is 8.68. The first kappa shape index (κ1) is 14.7. The Hall–Kier alpha value is -1.31. The maximum Gasteiger partial charge on any atom is 0.303 e. The lowest BCUT2D eigenvalue weighted by Crippen LogP contribution is -2.10. The van der Waals surface area contributed by atoms with Crippen molar-refractivity contribution in [2.45, 2.75) is 52.9 Å². The van der Waals surface area contributed by atoms with Gasteiger partial charge in [-0.15, -0.1) is 0 Å². The van der Waals surface area contributed by atoms with Gasteiger partial charge in [-0.25, -0.2) is 0 Å². The summed E-state index contributed by atoms with van der Waals surface area (Å²) >= 11 is 0.